The minimum absolute atomic E-state index is 0.278. The van der Waals surface area contributed by atoms with Gasteiger partial charge in [0.2, 0.25) is 0 Å². The highest BCUT2D eigenvalue weighted by molar-refractivity contribution is 6.04. The van der Waals surface area contributed by atoms with Crippen molar-refractivity contribution in [1.29, 1.82) is 0 Å². The lowest BCUT2D eigenvalue weighted by atomic mass is 10.1. The largest absolute Gasteiger partial charge is 0.495 e. The summed E-state index contributed by atoms with van der Waals surface area (Å²) in [5.74, 6) is 1.34. The van der Waals surface area contributed by atoms with E-state index in [2.05, 4.69) is 26.7 Å². The number of nitrogens with zero attached hydrogens (tertiary/aromatic N) is 2. The molecule has 0 spiro atoms. The van der Waals surface area contributed by atoms with Gasteiger partial charge < -0.3 is 15.4 Å². The van der Waals surface area contributed by atoms with Crippen LogP contribution in [0.25, 0.3) is 0 Å². The molecule has 1 amide bonds. The number of aryl methyl sites for hydroxylation is 3. The maximum Gasteiger partial charge on any atom is 0.274 e. The smallest absolute Gasteiger partial charge is 0.274 e. The average Bonchev–Trinajstić information content (AvgIpc) is 2.64. The SMILES string of the molecule is COc1ccccc1NC(=O)c1cc(Nc2ccc(C)cc2C)nc(C)n1. The molecule has 0 saturated heterocycles. The van der Waals surface area contributed by atoms with Crippen molar-refractivity contribution >= 4 is 23.1 Å². The number of carbonyl (C=O) groups excluding carboxylic acids is 1. The molecule has 0 unspecified atom stereocenters. The van der Waals surface area contributed by atoms with Crippen molar-refractivity contribution in [2.75, 3.05) is 17.7 Å². The molecule has 2 aromatic carbocycles. The van der Waals surface area contributed by atoms with Crippen molar-refractivity contribution in [2.24, 2.45) is 0 Å². The van der Waals surface area contributed by atoms with E-state index in [1.165, 1.54) is 5.56 Å². The number of ether oxygens (including phenoxy) is 1. The number of rotatable bonds is 5. The quantitative estimate of drug-likeness (QED) is 0.703. The molecule has 3 rings (SSSR count). The van der Waals surface area contributed by atoms with E-state index in [0.717, 1.165) is 11.3 Å². The van der Waals surface area contributed by atoms with Crippen molar-refractivity contribution in [1.82, 2.24) is 9.97 Å². The Balaban J connectivity index is 1.85. The van der Waals surface area contributed by atoms with E-state index in [1.807, 2.05) is 38.1 Å². The van der Waals surface area contributed by atoms with Crippen molar-refractivity contribution in [2.45, 2.75) is 20.8 Å². The molecule has 6 nitrogen and oxygen atoms in total. The summed E-state index contributed by atoms with van der Waals surface area (Å²) in [4.78, 5) is 21.3. The highest BCUT2D eigenvalue weighted by Gasteiger charge is 2.13. The van der Waals surface area contributed by atoms with E-state index in [4.69, 9.17) is 4.74 Å². The fourth-order valence-electron chi connectivity index (χ4n) is 2.77. The van der Waals surface area contributed by atoms with Gasteiger partial charge in [0, 0.05) is 11.8 Å². The van der Waals surface area contributed by atoms with Crippen LogP contribution in [0.2, 0.25) is 0 Å². The third-order valence-electron chi connectivity index (χ3n) is 4.07. The number of carbonyl (C=O) groups is 1. The first-order valence-electron chi connectivity index (χ1n) is 8.60. The minimum atomic E-state index is -0.325. The number of benzene rings is 2. The normalized spacial score (nSPS) is 10.4. The Bertz CT molecular complexity index is 986. The van der Waals surface area contributed by atoms with Crippen LogP contribution >= 0.6 is 0 Å². The zero-order valence-corrected chi connectivity index (χ0v) is 15.8. The lowest BCUT2D eigenvalue weighted by molar-refractivity contribution is 0.102. The molecule has 138 valence electrons. The van der Waals surface area contributed by atoms with Gasteiger partial charge in [-0.2, -0.15) is 0 Å². The Hall–Kier alpha value is -3.41. The molecule has 0 bridgehead atoms. The fraction of sp³-hybridized carbons (Fsp3) is 0.190. The second-order valence-electron chi connectivity index (χ2n) is 6.28. The van der Waals surface area contributed by atoms with Gasteiger partial charge >= 0.3 is 0 Å². The van der Waals surface area contributed by atoms with E-state index in [9.17, 15) is 4.79 Å². The predicted octanol–water partition coefficient (Wildman–Crippen LogP) is 4.41. The van der Waals surface area contributed by atoms with Gasteiger partial charge in [0.25, 0.3) is 5.91 Å². The lowest BCUT2D eigenvalue weighted by Crippen LogP contribution is -2.16. The topological polar surface area (TPSA) is 76.1 Å². The van der Waals surface area contributed by atoms with Crippen molar-refractivity contribution < 1.29 is 9.53 Å². The molecule has 1 aromatic heterocycles. The molecule has 2 N–H and O–H groups in total. The fourth-order valence-corrected chi connectivity index (χ4v) is 2.77. The van der Waals surface area contributed by atoms with Crippen LogP contribution in [0.4, 0.5) is 17.2 Å². The molecule has 3 aromatic rings. The van der Waals surface area contributed by atoms with Crippen LogP contribution in [0.15, 0.2) is 48.5 Å². The number of amides is 1. The van der Waals surface area contributed by atoms with Crippen LogP contribution in [0.1, 0.15) is 27.4 Å². The highest BCUT2D eigenvalue weighted by atomic mass is 16.5. The summed E-state index contributed by atoms with van der Waals surface area (Å²) >= 11 is 0. The van der Waals surface area contributed by atoms with Crippen molar-refractivity contribution in [3.8, 4) is 5.75 Å². The van der Waals surface area contributed by atoms with Crippen LogP contribution in [0.5, 0.6) is 5.75 Å². The van der Waals surface area contributed by atoms with Gasteiger partial charge in [0.15, 0.2) is 0 Å². The summed E-state index contributed by atoms with van der Waals surface area (Å²) in [7, 11) is 1.56. The number of hydrogen-bond acceptors (Lipinski definition) is 5. The van der Waals surface area contributed by atoms with Gasteiger partial charge in [0.1, 0.15) is 23.1 Å². The molecule has 0 aliphatic carbocycles. The standard InChI is InChI=1S/C21H22N4O2/c1-13-9-10-16(14(2)11-13)24-20-12-18(22-15(3)23-20)21(26)25-17-7-5-6-8-19(17)27-4/h5-12H,1-4H3,(H,25,26)(H,22,23,24). The van der Waals surface area contributed by atoms with E-state index < -0.39 is 0 Å². The molecule has 0 fully saturated rings. The molecule has 1 heterocycles. The van der Waals surface area contributed by atoms with E-state index in [-0.39, 0.29) is 11.6 Å². The summed E-state index contributed by atoms with van der Waals surface area (Å²) < 4.78 is 5.27. The van der Waals surface area contributed by atoms with Gasteiger partial charge in [-0.15, -0.1) is 0 Å². The Kier molecular flexibility index (Phi) is 5.35. The summed E-state index contributed by atoms with van der Waals surface area (Å²) in [6, 6.07) is 15.0. The Morgan fingerprint density at radius 2 is 1.74 bits per heavy atom. The predicted molar refractivity (Wildman–Crippen MR) is 107 cm³/mol. The number of nitrogens with one attached hydrogen (secondary N) is 2. The van der Waals surface area contributed by atoms with Gasteiger partial charge in [-0.1, -0.05) is 29.8 Å². The molecular formula is C21H22N4O2. The number of hydrogen-bond donors (Lipinski definition) is 2. The average molecular weight is 362 g/mol. The third kappa shape index (κ3) is 4.41. The van der Waals surface area contributed by atoms with Crippen LogP contribution in [-0.2, 0) is 0 Å². The molecular weight excluding hydrogens is 340 g/mol. The van der Waals surface area contributed by atoms with Crippen LogP contribution in [0, 0.1) is 20.8 Å². The second kappa shape index (κ2) is 7.86. The van der Waals surface area contributed by atoms with E-state index >= 15 is 0 Å². The Morgan fingerprint density at radius 1 is 0.963 bits per heavy atom. The summed E-state index contributed by atoms with van der Waals surface area (Å²) in [6.07, 6.45) is 0. The Morgan fingerprint density at radius 3 is 2.48 bits per heavy atom. The Labute approximate surface area is 158 Å². The van der Waals surface area contributed by atoms with Crippen molar-refractivity contribution in [3.05, 3.63) is 71.2 Å². The van der Waals surface area contributed by atoms with Crippen LogP contribution < -0.4 is 15.4 Å². The molecule has 0 radical (unpaired) electrons. The third-order valence-corrected chi connectivity index (χ3v) is 4.07. The summed E-state index contributed by atoms with van der Waals surface area (Å²) in [5.41, 5.74) is 4.10. The number of methoxy groups -OCH3 is 1. The number of aromatic nitrogens is 2. The maximum atomic E-state index is 12.7. The zero-order valence-electron chi connectivity index (χ0n) is 15.8. The molecule has 0 saturated carbocycles. The van der Waals surface area contributed by atoms with E-state index in [1.54, 1.807) is 32.2 Å². The number of para-hydroxylation sites is 2. The monoisotopic (exact) mass is 362 g/mol. The summed E-state index contributed by atoms with van der Waals surface area (Å²) in [6.45, 7) is 5.83. The van der Waals surface area contributed by atoms with Gasteiger partial charge in [0.05, 0.1) is 12.8 Å². The zero-order chi connectivity index (χ0) is 19.4. The van der Waals surface area contributed by atoms with Crippen LogP contribution in [-0.4, -0.2) is 23.0 Å². The van der Waals surface area contributed by atoms with Crippen molar-refractivity contribution in [3.63, 3.8) is 0 Å². The van der Waals surface area contributed by atoms with E-state index in [0.29, 0.717) is 23.1 Å². The first-order chi connectivity index (χ1) is 13.0. The van der Waals surface area contributed by atoms with Gasteiger partial charge in [-0.25, -0.2) is 9.97 Å². The maximum absolute atomic E-state index is 12.7. The van der Waals surface area contributed by atoms with Gasteiger partial charge in [-0.3, -0.25) is 4.79 Å². The first-order valence-corrected chi connectivity index (χ1v) is 8.60. The summed E-state index contributed by atoms with van der Waals surface area (Å²) in [5, 5.41) is 6.10. The van der Waals surface area contributed by atoms with Crippen LogP contribution in [0.3, 0.4) is 0 Å². The molecule has 0 aliphatic rings. The minimum Gasteiger partial charge on any atom is -0.495 e. The number of anilines is 3. The lowest BCUT2D eigenvalue weighted by Gasteiger charge is -2.12. The molecule has 27 heavy (non-hydrogen) atoms. The molecule has 0 atom stereocenters. The van der Waals surface area contributed by atoms with Gasteiger partial charge in [-0.05, 0) is 44.5 Å². The molecule has 6 heteroatoms. The first kappa shape index (κ1) is 18.4. The highest BCUT2D eigenvalue weighted by Crippen LogP contribution is 2.24. The molecule has 0 aliphatic heterocycles. The second-order valence-corrected chi connectivity index (χ2v) is 6.28.